The monoisotopic (exact) mass is 343 g/mol. The minimum atomic E-state index is -0.933. The number of fused-ring (bicyclic) bond motifs is 3. The molecule has 0 saturated carbocycles. The van der Waals surface area contributed by atoms with Gasteiger partial charge in [-0.25, -0.2) is 8.78 Å². The molecule has 0 saturated heterocycles. The molecule has 2 aromatic heterocycles. The zero-order valence-corrected chi connectivity index (χ0v) is 13.3. The Kier molecular flexibility index (Phi) is 3.35. The van der Waals surface area contributed by atoms with Gasteiger partial charge in [0.2, 0.25) is 0 Å². The number of ether oxygens (including phenoxy) is 1. The number of aromatic amines is 1. The van der Waals surface area contributed by atoms with Crippen LogP contribution in [-0.2, 0) is 0 Å². The van der Waals surface area contributed by atoms with Gasteiger partial charge in [-0.1, -0.05) is 6.07 Å². The maximum Gasteiger partial charge on any atom is 0.266 e. The highest BCUT2D eigenvalue weighted by Crippen LogP contribution is 2.40. The first-order valence-corrected chi connectivity index (χ1v) is 8.03. The molecule has 0 bridgehead atoms. The van der Waals surface area contributed by atoms with Gasteiger partial charge in [-0.2, -0.15) is 0 Å². The number of H-pyrrole nitrogens is 1. The molecule has 4 rings (SSSR count). The molecule has 24 heavy (non-hydrogen) atoms. The second kappa shape index (κ2) is 5.42. The second-order valence-electron chi connectivity index (χ2n) is 5.31. The topological polar surface area (TPSA) is 42.1 Å². The molecule has 0 amide bonds. The number of hydrogen-bond acceptors (Lipinski definition) is 3. The average molecular weight is 343 g/mol. The fraction of sp³-hybridized carbons (Fsp3) is 0.0556. The van der Waals surface area contributed by atoms with E-state index >= 15 is 0 Å². The maximum atomic E-state index is 13.7. The second-order valence-corrected chi connectivity index (χ2v) is 6.23. The van der Waals surface area contributed by atoms with E-state index in [1.165, 1.54) is 24.5 Å². The predicted octanol–water partition coefficient (Wildman–Crippen LogP) is 4.70. The molecule has 2 aromatic carbocycles. The van der Waals surface area contributed by atoms with Crippen LogP contribution in [0.25, 0.3) is 32.1 Å². The highest BCUT2D eigenvalue weighted by molar-refractivity contribution is 7.17. The zero-order valence-electron chi connectivity index (χ0n) is 12.5. The van der Waals surface area contributed by atoms with Crippen LogP contribution in [0.5, 0.6) is 5.75 Å². The summed E-state index contributed by atoms with van der Waals surface area (Å²) < 4.78 is 33.1. The van der Waals surface area contributed by atoms with E-state index in [0.29, 0.717) is 27.1 Å². The van der Waals surface area contributed by atoms with Crippen LogP contribution in [0.15, 0.2) is 46.6 Å². The summed E-state index contributed by atoms with van der Waals surface area (Å²) in [5, 5.41) is 3.34. The van der Waals surface area contributed by atoms with Crippen molar-refractivity contribution in [2.24, 2.45) is 0 Å². The third-order valence-electron chi connectivity index (χ3n) is 3.98. The van der Waals surface area contributed by atoms with Crippen molar-refractivity contribution in [2.75, 3.05) is 7.11 Å². The Morgan fingerprint density at radius 1 is 1.08 bits per heavy atom. The number of nitrogens with one attached hydrogen (secondary N) is 1. The van der Waals surface area contributed by atoms with Crippen molar-refractivity contribution < 1.29 is 13.5 Å². The van der Waals surface area contributed by atoms with Gasteiger partial charge >= 0.3 is 0 Å². The van der Waals surface area contributed by atoms with Gasteiger partial charge < -0.3 is 9.72 Å². The number of rotatable bonds is 2. The summed E-state index contributed by atoms with van der Waals surface area (Å²) in [6.45, 7) is 0. The number of hydrogen-bond donors (Lipinski definition) is 1. The molecule has 0 aliphatic carbocycles. The predicted molar refractivity (Wildman–Crippen MR) is 91.9 cm³/mol. The molecule has 0 spiro atoms. The van der Waals surface area contributed by atoms with Gasteiger partial charge in [0.15, 0.2) is 11.6 Å². The van der Waals surface area contributed by atoms with E-state index in [1.807, 2.05) is 11.4 Å². The summed E-state index contributed by atoms with van der Waals surface area (Å²) in [5.41, 5.74) is 1.55. The summed E-state index contributed by atoms with van der Waals surface area (Å²) in [6, 6.07) is 9.01. The van der Waals surface area contributed by atoms with Crippen molar-refractivity contribution >= 4 is 32.3 Å². The normalized spacial score (nSPS) is 11.3. The Hall–Kier alpha value is -2.73. The first kappa shape index (κ1) is 14.8. The first-order chi connectivity index (χ1) is 11.6. The SMILES string of the molecule is COc1ccc2[nH]c(=O)c3sccc3c2c1-c1ccc(F)c(F)c1. The summed E-state index contributed by atoms with van der Waals surface area (Å²) >= 11 is 1.33. The molecule has 2 heterocycles. The van der Waals surface area contributed by atoms with E-state index in [9.17, 15) is 13.6 Å². The van der Waals surface area contributed by atoms with Crippen LogP contribution in [0.2, 0.25) is 0 Å². The third kappa shape index (κ3) is 2.11. The third-order valence-corrected chi connectivity index (χ3v) is 4.90. The minimum Gasteiger partial charge on any atom is -0.496 e. The first-order valence-electron chi connectivity index (χ1n) is 7.16. The van der Waals surface area contributed by atoms with Gasteiger partial charge in [0.1, 0.15) is 10.4 Å². The number of halogens is 2. The van der Waals surface area contributed by atoms with Crippen molar-refractivity contribution in [3.05, 3.63) is 63.8 Å². The molecule has 0 radical (unpaired) electrons. The summed E-state index contributed by atoms with van der Waals surface area (Å²) in [5.74, 6) is -1.32. The van der Waals surface area contributed by atoms with Crippen molar-refractivity contribution in [2.45, 2.75) is 0 Å². The van der Waals surface area contributed by atoms with Crippen molar-refractivity contribution in [3.8, 4) is 16.9 Å². The molecule has 3 nitrogen and oxygen atoms in total. The number of pyridine rings is 1. The van der Waals surface area contributed by atoms with Gasteiger partial charge in [0.25, 0.3) is 5.56 Å². The van der Waals surface area contributed by atoms with Crippen LogP contribution in [0.3, 0.4) is 0 Å². The smallest absolute Gasteiger partial charge is 0.266 e. The zero-order chi connectivity index (χ0) is 16.8. The maximum absolute atomic E-state index is 13.7. The lowest BCUT2D eigenvalue weighted by atomic mass is 9.97. The Balaban J connectivity index is 2.21. The molecule has 0 aliphatic heterocycles. The van der Waals surface area contributed by atoms with Crippen LogP contribution in [0.1, 0.15) is 0 Å². The van der Waals surface area contributed by atoms with Crippen LogP contribution in [0.4, 0.5) is 8.78 Å². The van der Waals surface area contributed by atoms with Gasteiger partial charge in [-0.05, 0) is 41.3 Å². The fourth-order valence-corrected chi connectivity index (χ4v) is 3.73. The summed E-state index contributed by atoms with van der Waals surface area (Å²) in [6.07, 6.45) is 0. The lowest BCUT2D eigenvalue weighted by Gasteiger charge is -2.13. The lowest BCUT2D eigenvalue weighted by molar-refractivity contribution is 0.417. The summed E-state index contributed by atoms with van der Waals surface area (Å²) in [4.78, 5) is 15.0. The van der Waals surface area contributed by atoms with E-state index in [0.717, 1.165) is 22.9 Å². The van der Waals surface area contributed by atoms with Crippen molar-refractivity contribution in [1.29, 1.82) is 0 Å². The average Bonchev–Trinajstić information content (AvgIpc) is 3.07. The molecule has 0 atom stereocenters. The highest BCUT2D eigenvalue weighted by atomic mass is 32.1. The number of aromatic nitrogens is 1. The van der Waals surface area contributed by atoms with Crippen LogP contribution >= 0.6 is 11.3 Å². The van der Waals surface area contributed by atoms with Gasteiger partial charge in [-0.15, -0.1) is 11.3 Å². The molecular weight excluding hydrogens is 332 g/mol. The number of benzene rings is 2. The number of methoxy groups -OCH3 is 1. The van der Waals surface area contributed by atoms with Crippen LogP contribution < -0.4 is 10.3 Å². The van der Waals surface area contributed by atoms with E-state index in [4.69, 9.17) is 4.74 Å². The quantitative estimate of drug-likeness (QED) is 0.573. The molecular formula is C18H11F2NO2S. The van der Waals surface area contributed by atoms with E-state index in [2.05, 4.69) is 4.98 Å². The molecule has 4 aromatic rings. The van der Waals surface area contributed by atoms with Gasteiger partial charge in [0, 0.05) is 21.9 Å². The van der Waals surface area contributed by atoms with E-state index < -0.39 is 11.6 Å². The minimum absolute atomic E-state index is 0.172. The van der Waals surface area contributed by atoms with Gasteiger partial charge in [0.05, 0.1) is 7.11 Å². The van der Waals surface area contributed by atoms with Crippen molar-refractivity contribution in [1.82, 2.24) is 4.98 Å². The largest absolute Gasteiger partial charge is 0.496 e. The molecule has 0 fully saturated rings. The lowest BCUT2D eigenvalue weighted by Crippen LogP contribution is -2.05. The van der Waals surface area contributed by atoms with Crippen LogP contribution in [-0.4, -0.2) is 12.1 Å². The Morgan fingerprint density at radius 2 is 1.92 bits per heavy atom. The molecule has 1 N–H and O–H groups in total. The molecule has 0 unspecified atom stereocenters. The molecule has 6 heteroatoms. The fourth-order valence-electron chi connectivity index (χ4n) is 2.94. The molecule has 0 aliphatic rings. The van der Waals surface area contributed by atoms with E-state index in [-0.39, 0.29) is 5.56 Å². The Morgan fingerprint density at radius 3 is 2.67 bits per heavy atom. The molecule has 120 valence electrons. The van der Waals surface area contributed by atoms with Crippen molar-refractivity contribution in [3.63, 3.8) is 0 Å². The Bertz CT molecular complexity index is 1150. The van der Waals surface area contributed by atoms with Gasteiger partial charge in [-0.3, -0.25) is 4.79 Å². The standard InChI is InChI=1S/C18H11F2NO2S/c1-23-14-5-4-13-16(10-6-7-24-17(10)18(22)21-13)15(14)9-2-3-11(19)12(20)8-9/h2-8H,1H3,(H,21,22). The highest BCUT2D eigenvalue weighted by Gasteiger charge is 2.17. The number of thiophene rings is 1. The van der Waals surface area contributed by atoms with Crippen LogP contribution in [0, 0.1) is 11.6 Å². The summed E-state index contributed by atoms with van der Waals surface area (Å²) in [7, 11) is 1.51. The van der Waals surface area contributed by atoms with E-state index in [1.54, 1.807) is 12.1 Å². The Labute approximate surface area is 139 Å².